The van der Waals surface area contributed by atoms with Crippen LogP contribution >= 0.6 is 0 Å². The lowest BCUT2D eigenvalue weighted by atomic mass is 10.1. The third kappa shape index (κ3) is 2.43. The summed E-state index contributed by atoms with van der Waals surface area (Å²) in [5.74, 6) is -0.337. The molecule has 2 aliphatic rings. The molecule has 1 aliphatic carbocycles. The third-order valence-electron chi connectivity index (χ3n) is 3.66. The van der Waals surface area contributed by atoms with E-state index < -0.39 is 11.9 Å². The zero-order valence-corrected chi connectivity index (χ0v) is 10.5. The van der Waals surface area contributed by atoms with E-state index in [2.05, 4.69) is 9.97 Å². The first-order valence-corrected chi connectivity index (χ1v) is 6.50. The molecule has 6 heteroatoms. The van der Waals surface area contributed by atoms with E-state index >= 15 is 0 Å². The highest BCUT2D eigenvalue weighted by molar-refractivity contribution is 5.92. The Morgan fingerprint density at radius 1 is 1.32 bits per heavy atom. The lowest BCUT2D eigenvalue weighted by Gasteiger charge is -2.15. The average molecular weight is 261 g/mol. The van der Waals surface area contributed by atoms with Crippen LogP contribution in [0.3, 0.4) is 0 Å². The maximum atomic E-state index is 12.3. The van der Waals surface area contributed by atoms with Crippen LogP contribution in [0.25, 0.3) is 0 Å². The Labute approximate surface area is 110 Å². The molecule has 1 N–H and O–H groups in total. The van der Waals surface area contributed by atoms with E-state index in [-0.39, 0.29) is 12.5 Å². The van der Waals surface area contributed by atoms with Gasteiger partial charge in [0.2, 0.25) is 0 Å². The fourth-order valence-corrected chi connectivity index (χ4v) is 2.34. The van der Waals surface area contributed by atoms with Crippen LogP contribution in [0.1, 0.15) is 41.5 Å². The topological polar surface area (TPSA) is 83.4 Å². The normalized spacial score (nSPS) is 22.5. The first-order chi connectivity index (χ1) is 9.15. The maximum Gasteiger partial charge on any atom is 0.308 e. The third-order valence-corrected chi connectivity index (χ3v) is 3.66. The predicted molar refractivity (Wildman–Crippen MR) is 65.7 cm³/mol. The fourth-order valence-electron chi connectivity index (χ4n) is 2.34. The van der Waals surface area contributed by atoms with Crippen molar-refractivity contribution >= 4 is 11.9 Å². The molecule has 1 aliphatic heterocycles. The maximum absolute atomic E-state index is 12.3. The number of carboxylic acid groups (broad SMARTS) is 1. The highest BCUT2D eigenvalue weighted by Crippen LogP contribution is 2.37. The van der Waals surface area contributed by atoms with Crippen LogP contribution in [-0.4, -0.2) is 44.9 Å². The smallest absolute Gasteiger partial charge is 0.308 e. The molecule has 0 radical (unpaired) electrons. The van der Waals surface area contributed by atoms with Gasteiger partial charge in [-0.25, -0.2) is 9.97 Å². The Balaban J connectivity index is 1.73. The van der Waals surface area contributed by atoms with Gasteiger partial charge in [0.25, 0.3) is 5.91 Å². The molecule has 100 valence electrons. The van der Waals surface area contributed by atoms with Crippen molar-refractivity contribution in [3.8, 4) is 0 Å². The Kier molecular flexibility index (Phi) is 2.93. The molecule has 1 aromatic rings. The molecular formula is C13H15N3O3. The molecule has 1 atom stereocenters. The molecule has 1 amide bonds. The summed E-state index contributed by atoms with van der Waals surface area (Å²) in [6.07, 6.45) is 4.30. The van der Waals surface area contributed by atoms with E-state index in [1.54, 1.807) is 17.2 Å². The zero-order valence-electron chi connectivity index (χ0n) is 10.5. The molecule has 0 spiro atoms. The minimum atomic E-state index is -0.836. The van der Waals surface area contributed by atoms with Gasteiger partial charge in [-0.05, 0) is 25.3 Å². The van der Waals surface area contributed by atoms with Gasteiger partial charge in [-0.3, -0.25) is 9.59 Å². The van der Waals surface area contributed by atoms with Gasteiger partial charge in [0.05, 0.1) is 5.92 Å². The van der Waals surface area contributed by atoms with Gasteiger partial charge in [-0.15, -0.1) is 0 Å². The molecule has 0 bridgehead atoms. The van der Waals surface area contributed by atoms with E-state index in [9.17, 15) is 9.59 Å². The largest absolute Gasteiger partial charge is 0.481 e. The first-order valence-electron chi connectivity index (χ1n) is 6.50. The van der Waals surface area contributed by atoms with Crippen LogP contribution in [0.5, 0.6) is 0 Å². The number of carbonyl (C=O) groups excluding carboxylic acids is 1. The summed E-state index contributed by atoms with van der Waals surface area (Å²) in [4.78, 5) is 33.2. The number of aliphatic carboxylic acids is 1. The molecule has 3 rings (SSSR count). The van der Waals surface area contributed by atoms with Crippen LogP contribution < -0.4 is 0 Å². The van der Waals surface area contributed by atoms with Crippen molar-refractivity contribution in [3.05, 3.63) is 23.8 Å². The molecule has 0 aromatic carbocycles. The summed E-state index contributed by atoms with van der Waals surface area (Å²) in [6.45, 7) is 0.759. The number of hydrogen-bond acceptors (Lipinski definition) is 4. The van der Waals surface area contributed by atoms with E-state index in [4.69, 9.17) is 5.11 Å². The second-order valence-electron chi connectivity index (χ2n) is 5.15. The monoisotopic (exact) mass is 261 g/mol. The second kappa shape index (κ2) is 4.60. The van der Waals surface area contributed by atoms with Crippen LogP contribution in [0, 0.1) is 5.92 Å². The quantitative estimate of drug-likeness (QED) is 0.874. The summed E-state index contributed by atoms with van der Waals surface area (Å²) in [5, 5.41) is 8.94. The molecule has 1 aromatic heterocycles. The lowest BCUT2D eigenvalue weighted by Crippen LogP contribution is -2.30. The number of likely N-dealkylation sites (tertiary alicyclic amines) is 1. The van der Waals surface area contributed by atoms with E-state index in [0.717, 1.165) is 18.7 Å². The van der Waals surface area contributed by atoms with Crippen LogP contribution in [0.2, 0.25) is 0 Å². The Morgan fingerprint density at radius 3 is 2.74 bits per heavy atom. The van der Waals surface area contributed by atoms with Crippen molar-refractivity contribution < 1.29 is 14.7 Å². The number of hydrogen-bond donors (Lipinski definition) is 1. The van der Waals surface area contributed by atoms with Crippen LogP contribution in [-0.2, 0) is 4.79 Å². The van der Waals surface area contributed by atoms with Gasteiger partial charge < -0.3 is 10.0 Å². The standard InChI is InChI=1S/C13H15N3O3/c17-12(16-6-4-9(7-16)13(18)19)10-3-5-14-11(15-10)8-1-2-8/h3,5,8-9H,1-2,4,6-7H2,(H,18,19)/t9-/m1/s1. The molecule has 19 heavy (non-hydrogen) atoms. The number of carboxylic acids is 1. The highest BCUT2D eigenvalue weighted by Gasteiger charge is 2.32. The van der Waals surface area contributed by atoms with Gasteiger partial charge in [0.1, 0.15) is 11.5 Å². The van der Waals surface area contributed by atoms with Gasteiger partial charge in [-0.2, -0.15) is 0 Å². The molecule has 1 saturated carbocycles. The van der Waals surface area contributed by atoms with Gasteiger partial charge in [0, 0.05) is 25.2 Å². The first kappa shape index (κ1) is 12.1. The number of amides is 1. The molecule has 1 saturated heterocycles. The summed E-state index contributed by atoms with van der Waals surface area (Å²) in [7, 11) is 0. The lowest BCUT2D eigenvalue weighted by molar-refractivity contribution is -0.141. The zero-order chi connectivity index (χ0) is 13.4. The predicted octanol–water partition coefficient (Wildman–Crippen LogP) is 0.901. The van der Waals surface area contributed by atoms with Crippen molar-refractivity contribution in [1.82, 2.24) is 14.9 Å². The van der Waals surface area contributed by atoms with Crippen LogP contribution in [0.15, 0.2) is 12.3 Å². The summed E-state index contributed by atoms with van der Waals surface area (Å²) < 4.78 is 0. The summed E-state index contributed by atoms with van der Waals surface area (Å²) in [5.41, 5.74) is 0.378. The summed E-state index contributed by atoms with van der Waals surface area (Å²) >= 11 is 0. The molecular weight excluding hydrogens is 246 g/mol. The number of aromatic nitrogens is 2. The van der Waals surface area contributed by atoms with Crippen molar-refractivity contribution in [1.29, 1.82) is 0 Å². The molecule has 2 fully saturated rings. The van der Waals surface area contributed by atoms with Gasteiger partial charge >= 0.3 is 5.97 Å². The average Bonchev–Trinajstić information content (AvgIpc) is 3.15. The van der Waals surface area contributed by atoms with Gasteiger partial charge in [0.15, 0.2) is 0 Å². The fraction of sp³-hybridized carbons (Fsp3) is 0.538. The van der Waals surface area contributed by atoms with E-state index in [1.165, 1.54) is 0 Å². The Hall–Kier alpha value is -1.98. The molecule has 0 unspecified atom stereocenters. The highest BCUT2D eigenvalue weighted by atomic mass is 16.4. The molecule has 2 heterocycles. The van der Waals surface area contributed by atoms with Crippen LogP contribution in [0.4, 0.5) is 0 Å². The van der Waals surface area contributed by atoms with Crippen molar-refractivity contribution in [2.45, 2.75) is 25.2 Å². The van der Waals surface area contributed by atoms with Gasteiger partial charge in [-0.1, -0.05) is 0 Å². The SMILES string of the molecule is O=C(O)[C@@H]1CCN(C(=O)c2ccnc(C3CC3)n2)C1. The number of carbonyl (C=O) groups is 2. The summed E-state index contributed by atoms with van der Waals surface area (Å²) in [6, 6.07) is 1.60. The minimum Gasteiger partial charge on any atom is -0.481 e. The van der Waals surface area contributed by atoms with Crippen molar-refractivity contribution in [2.24, 2.45) is 5.92 Å². The van der Waals surface area contributed by atoms with Crippen molar-refractivity contribution in [2.75, 3.05) is 13.1 Å². The number of rotatable bonds is 3. The Bertz CT molecular complexity index is 528. The molecule has 6 nitrogen and oxygen atoms in total. The Morgan fingerprint density at radius 2 is 2.11 bits per heavy atom. The van der Waals surface area contributed by atoms with E-state index in [0.29, 0.717) is 24.6 Å². The minimum absolute atomic E-state index is 0.187. The second-order valence-corrected chi connectivity index (χ2v) is 5.15. The number of nitrogens with zero attached hydrogens (tertiary/aromatic N) is 3. The van der Waals surface area contributed by atoms with E-state index in [1.807, 2.05) is 0 Å². The van der Waals surface area contributed by atoms with Crippen molar-refractivity contribution in [3.63, 3.8) is 0 Å².